The van der Waals surface area contributed by atoms with E-state index in [9.17, 15) is 4.79 Å². The zero-order valence-corrected chi connectivity index (χ0v) is 24.6. The number of carbonyl (C=O) groups is 1. The summed E-state index contributed by atoms with van der Waals surface area (Å²) >= 11 is 0. The molecule has 3 heterocycles. The van der Waals surface area contributed by atoms with E-state index in [1.807, 2.05) is 12.3 Å². The van der Waals surface area contributed by atoms with Gasteiger partial charge in [0, 0.05) is 54.8 Å². The summed E-state index contributed by atoms with van der Waals surface area (Å²) in [4.78, 5) is 24.8. The summed E-state index contributed by atoms with van der Waals surface area (Å²) in [6, 6.07) is 17.0. The summed E-state index contributed by atoms with van der Waals surface area (Å²) in [5.41, 5.74) is 13.7. The first-order valence-corrected chi connectivity index (χ1v) is 14.3. The molecule has 40 heavy (non-hydrogen) atoms. The quantitative estimate of drug-likeness (QED) is 0.289. The lowest BCUT2D eigenvalue weighted by molar-refractivity contribution is 0.0909. The fraction of sp³-hybridized carbons (Fsp3) is 0.343. The standard InChI is InChI=1S/C35H40N4O/c1-22-15-30(16-23(2)26(22)5)33-19-28(7-11-36-33)21-39-13-9-32(10-14-39)38-35(40)29-8-12-37-34(20-29)31-17-24(3)27(6)25(4)18-31/h7-8,11-12,15-20,32H,9-10,13-14,21H2,1-6H3,(H,38,40). The minimum Gasteiger partial charge on any atom is -0.349 e. The number of hydrogen-bond donors (Lipinski definition) is 1. The second-order valence-electron chi connectivity index (χ2n) is 11.5. The fourth-order valence-electron chi connectivity index (χ4n) is 5.59. The van der Waals surface area contributed by atoms with Crippen molar-refractivity contribution in [3.8, 4) is 22.5 Å². The van der Waals surface area contributed by atoms with E-state index in [2.05, 4.69) is 98.1 Å². The Hall–Kier alpha value is -3.83. The van der Waals surface area contributed by atoms with E-state index in [0.717, 1.165) is 49.4 Å². The van der Waals surface area contributed by atoms with Gasteiger partial charge in [0.15, 0.2) is 0 Å². The van der Waals surface area contributed by atoms with Crippen molar-refractivity contribution in [1.82, 2.24) is 20.2 Å². The van der Waals surface area contributed by atoms with Crippen LogP contribution in [0.5, 0.6) is 0 Å². The maximum Gasteiger partial charge on any atom is 0.251 e. The van der Waals surface area contributed by atoms with Crippen LogP contribution in [0, 0.1) is 41.5 Å². The number of benzene rings is 2. The van der Waals surface area contributed by atoms with E-state index < -0.39 is 0 Å². The van der Waals surface area contributed by atoms with Crippen molar-refractivity contribution in [1.29, 1.82) is 0 Å². The van der Waals surface area contributed by atoms with E-state index >= 15 is 0 Å². The van der Waals surface area contributed by atoms with E-state index in [1.165, 1.54) is 44.5 Å². The van der Waals surface area contributed by atoms with Crippen molar-refractivity contribution in [2.45, 2.75) is 67.0 Å². The number of aryl methyl sites for hydroxylation is 4. The van der Waals surface area contributed by atoms with Crippen molar-refractivity contribution in [3.63, 3.8) is 0 Å². The molecule has 1 aliphatic heterocycles. The molecule has 0 saturated carbocycles. The number of likely N-dealkylation sites (tertiary alicyclic amines) is 1. The summed E-state index contributed by atoms with van der Waals surface area (Å²) in [5, 5.41) is 3.27. The van der Waals surface area contributed by atoms with Gasteiger partial charge in [0.05, 0.1) is 11.4 Å². The Balaban J connectivity index is 1.18. The monoisotopic (exact) mass is 532 g/mol. The third-order valence-electron chi connectivity index (χ3n) is 8.62. The highest BCUT2D eigenvalue weighted by molar-refractivity contribution is 5.95. The lowest BCUT2D eigenvalue weighted by Crippen LogP contribution is -2.44. The zero-order valence-electron chi connectivity index (χ0n) is 24.6. The van der Waals surface area contributed by atoms with Crippen LogP contribution < -0.4 is 5.32 Å². The van der Waals surface area contributed by atoms with Crippen LogP contribution in [0.25, 0.3) is 22.5 Å². The Morgan fingerprint density at radius 2 is 1.25 bits per heavy atom. The highest BCUT2D eigenvalue weighted by atomic mass is 16.1. The Morgan fingerprint density at radius 1 is 0.750 bits per heavy atom. The molecule has 5 heteroatoms. The smallest absolute Gasteiger partial charge is 0.251 e. The van der Waals surface area contributed by atoms with Crippen LogP contribution in [0.2, 0.25) is 0 Å². The van der Waals surface area contributed by atoms with Gasteiger partial charge in [-0.25, -0.2) is 0 Å². The van der Waals surface area contributed by atoms with Gasteiger partial charge >= 0.3 is 0 Å². The zero-order chi connectivity index (χ0) is 28.4. The summed E-state index contributed by atoms with van der Waals surface area (Å²) in [6.07, 6.45) is 5.53. The topological polar surface area (TPSA) is 58.1 Å². The highest BCUT2D eigenvalue weighted by Crippen LogP contribution is 2.26. The molecule has 206 valence electrons. The normalized spacial score (nSPS) is 14.3. The molecule has 0 unspecified atom stereocenters. The van der Waals surface area contributed by atoms with Gasteiger partial charge < -0.3 is 5.32 Å². The molecule has 0 bridgehead atoms. The number of piperidine rings is 1. The first-order valence-electron chi connectivity index (χ1n) is 14.3. The average molecular weight is 533 g/mol. The molecule has 0 aliphatic carbocycles. The molecule has 4 aromatic rings. The molecule has 1 saturated heterocycles. The molecule has 0 atom stereocenters. The van der Waals surface area contributed by atoms with E-state index in [1.54, 1.807) is 12.3 Å². The van der Waals surface area contributed by atoms with E-state index in [-0.39, 0.29) is 11.9 Å². The lowest BCUT2D eigenvalue weighted by Gasteiger charge is -2.32. The van der Waals surface area contributed by atoms with Crippen molar-refractivity contribution in [2.75, 3.05) is 13.1 Å². The second-order valence-corrected chi connectivity index (χ2v) is 11.5. The predicted molar refractivity (Wildman–Crippen MR) is 164 cm³/mol. The molecule has 1 amide bonds. The van der Waals surface area contributed by atoms with Crippen LogP contribution in [0.15, 0.2) is 60.9 Å². The van der Waals surface area contributed by atoms with Crippen LogP contribution in [-0.4, -0.2) is 39.9 Å². The highest BCUT2D eigenvalue weighted by Gasteiger charge is 2.22. The van der Waals surface area contributed by atoms with Crippen LogP contribution in [0.1, 0.15) is 62.1 Å². The van der Waals surface area contributed by atoms with Gasteiger partial charge in [0.25, 0.3) is 5.91 Å². The summed E-state index contributed by atoms with van der Waals surface area (Å²) in [5.74, 6) is -0.0230. The van der Waals surface area contributed by atoms with Crippen LogP contribution in [0.4, 0.5) is 0 Å². The number of aromatic nitrogens is 2. The van der Waals surface area contributed by atoms with Crippen LogP contribution in [0.3, 0.4) is 0 Å². The number of amides is 1. The van der Waals surface area contributed by atoms with Gasteiger partial charge in [-0.2, -0.15) is 0 Å². The SMILES string of the molecule is Cc1cc(-c2cc(CN3CCC(NC(=O)c4ccnc(-c5cc(C)c(C)c(C)c5)c4)CC3)ccn2)cc(C)c1C. The molecular formula is C35H40N4O. The van der Waals surface area contributed by atoms with Gasteiger partial charge in [-0.1, -0.05) is 0 Å². The Labute approximate surface area is 238 Å². The average Bonchev–Trinajstić information content (AvgIpc) is 2.95. The number of rotatable bonds is 6. The number of carbonyl (C=O) groups excluding carboxylic acids is 1. The van der Waals surface area contributed by atoms with Gasteiger partial charge in [-0.15, -0.1) is 0 Å². The van der Waals surface area contributed by atoms with E-state index in [4.69, 9.17) is 0 Å². The molecule has 1 fully saturated rings. The molecule has 0 radical (unpaired) electrons. The summed E-state index contributed by atoms with van der Waals surface area (Å²) < 4.78 is 0. The van der Waals surface area contributed by atoms with Crippen molar-refractivity contribution < 1.29 is 4.79 Å². The Bertz CT molecular complexity index is 1500. The third kappa shape index (κ3) is 6.15. The molecule has 5 nitrogen and oxygen atoms in total. The molecule has 5 rings (SSSR count). The van der Waals surface area contributed by atoms with Gasteiger partial charge in [-0.05, 0) is 142 Å². The number of pyridine rings is 2. The summed E-state index contributed by atoms with van der Waals surface area (Å²) in [6.45, 7) is 15.7. The lowest BCUT2D eigenvalue weighted by atomic mass is 9.98. The first-order chi connectivity index (χ1) is 19.2. The minimum absolute atomic E-state index is 0.0230. The van der Waals surface area contributed by atoms with Crippen molar-refractivity contribution in [3.05, 3.63) is 105 Å². The molecule has 0 spiro atoms. The second kappa shape index (κ2) is 11.7. The van der Waals surface area contributed by atoms with E-state index in [0.29, 0.717) is 5.56 Å². The largest absolute Gasteiger partial charge is 0.349 e. The number of nitrogens with zero attached hydrogens (tertiary/aromatic N) is 3. The van der Waals surface area contributed by atoms with Gasteiger partial charge in [0.1, 0.15) is 0 Å². The molecule has 2 aromatic carbocycles. The molecule has 1 N–H and O–H groups in total. The van der Waals surface area contributed by atoms with Crippen LogP contribution in [-0.2, 0) is 6.54 Å². The molecule has 2 aromatic heterocycles. The number of nitrogens with one attached hydrogen (secondary N) is 1. The van der Waals surface area contributed by atoms with Crippen LogP contribution >= 0.6 is 0 Å². The Kier molecular flexibility index (Phi) is 8.13. The molecular weight excluding hydrogens is 492 g/mol. The summed E-state index contributed by atoms with van der Waals surface area (Å²) in [7, 11) is 0. The van der Waals surface area contributed by atoms with Crippen molar-refractivity contribution >= 4 is 5.91 Å². The maximum atomic E-state index is 13.1. The fourth-order valence-corrected chi connectivity index (χ4v) is 5.59. The number of hydrogen-bond acceptors (Lipinski definition) is 4. The predicted octanol–water partition coefficient (Wildman–Crippen LogP) is 7.06. The van der Waals surface area contributed by atoms with Crippen molar-refractivity contribution in [2.24, 2.45) is 0 Å². The maximum absolute atomic E-state index is 13.1. The minimum atomic E-state index is -0.0230. The van der Waals surface area contributed by atoms with Gasteiger partial charge in [0.2, 0.25) is 0 Å². The Morgan fingerprint density at radius 3 is 1.80 bits per heavy atom. The third-order valence-corrected chi connectivity index (χ3v) is 8.62. The molecule has 1 aliphatic rings. The first kappa shape index (κ1) is 27.7. The van der Waals surface area contributed by atoms with Gasteiger partial charge in [-0.3, -0.25) is 19.7 Å².